The number of aromatic nitrogens is 6. The van der Waals surface area contributed by atoms with Crippen LogP contribution in [-0.4, -0.2) is 64.7 Å². The van der Waals surface area contributed by atoms with Crippen molar-refractivity contribution < 1.29 is 14.6 Å². The summed E-state index contributed by atoms with van der Waals surface area (Å²) in [7, 11) is 0. The van der Waals surface area contributed by atoms with Gasteiger partial charge in [0.2, 0.25) is 0 Å². The van der Waals surface area contributed by atoms with Crippen molar-refractivity contribution in [3.63, 3.8) is 0 Å². The molecule has 1 saturated heterocycles. The molecule has 3 aromatic heterocycles. The molecule has 1 unspecified atom stereocenters. The molecular weight excluding hydrogens is 386 g/mol. The zero-order valence-electron chi connectivity index (χ0n) is 16.7. The average molecular weight is 411 g/mol. The van der Waals surface area contributed by atoms with Crippen LogP contribution in [0.2, 0.25) is 0 Å². The van der Waals surface area contributed by atoms with E-state index in [1.165, 1.54) is 5.56 Å². The summed E-state index contributed by atoms with van der Waals surface area (Å²) in [5.74, 6) is 1.95. The van der Waals surface area contributed by atoms with E-state index in [4.69, 9.17) is 14.6 Å². The predicted molar refractivity (Wildman–Crippen MR) is 106 cm³/mol. The Hall–Kier alpha value is -3.11. The van der Waals surface area contributed by atoms with Gasteiger partial charge in [0, 0.05) is 57.4 Å². The van der Waals surface area contributed by atoms with E-state index in [0.29, 0.717) is 6.61 Å². The highest BCUT2D eigenvalue weighted by molar-refractivity contribution is 5.32. The molecule has 2 aliphatic heterocycles. The first-order chi connectivity index (χ1) is 14.7. The summed E-state index contributed by atoms with van der Waals surface area (Å²) in [5, 5.41) is 19.9. The topological polar surface area (TPSA) is 111 Å². The van der Waals surface area contributed by atoms with Gasteiger partial charge in [-0.3, -0.25) is 19.4 Å². The fourth-order valence-corrected chi connectivity index (χ4v) is 4.10. The lowest BCUT2D eigenvalue weighted by Crippen LogP contribution is -2.44. The molecule has 158 valence electrons. The van der Waals surface area contributed by atoms with Gasteiger partial charge in [-0.05, 0) is 24.1 Å². The molecule has 0 bridgehead atoms. The molecule has 1 fully saturated rings. The maximum Gasteiger partial charge on any atom is 0.290 e. The van der Waals surface area contributed by atoms with Gasteiger partial charge in [0.25, 0.3) is 6.47 Å². The van der Waals surface area contributed by atoms with Crippen LogP contribution in [0.3, 0.4) is 0 Å². The third-order valence-electron chi connectivity index (χ3n) is 5.51. The monoisotopic (exact) mass is 411 g/mol. The van der Waals surface area contributed by atoms with E-state index in [1.807, 2.05) is 35.4 Å². The molecule has 30 heavy (non-hydrogen) atoms. The van der Waals surface area contributed by atoms with Crippen LogP contribution in [0.15, 0.2) is 43.0 Å². The van der Waals surface area contributed by atoms with Crippen molar-refractivity contribution in [2.24, 2.45) is 0 Å². The minimum Gasteiger partial charge on any atom is -0.483 e. The molecule has 5 rings (SSSR count). The standard InChI is InChI=1S/C19H23N7O.CH2O2/c1-3-16(11-20-6-1)12-24-10-5-19(14-24)15-26-17(22-23-18(26)13-27-19)4-9-25-8-2-7-21-25;2-1-3/h1-3,6-8,11H,4-5,9-10,12-15H2;1H,(H,2,3). The van der Waals surface area contributed by atoms with Gasteiger partial charge in [-0.2, -0.15) is 5.10 Å². The lowest BCUT2D eigenvalue weighted by molar-refractivity contribution is -0.122. The molecule has 0 amide bonds. The van der Waals surface area contributed by atoms with E-state index in [-0.39, 0.29) is 12.1 Å². The van der Waals surface area contributed by atoms with Crippen molar-refractivity contribution in [2.75, 3.05) is 13.1 Å². The highest BCUT2D eigenvalue weighted by atomic mass is 16.5. The predicted octanol–water partition coefficient (Wildman–Crippen LogP) is 0.988. The van der Waals surface area contributed by atoms with E-state index in [1.54, 1.807) is 6.20 Å². The molecule has 0 radical (unpaired) electrons. The van der Waals surface area contributed by atoms with Gasteiger partial charge in [0.05, 0.1) is 6.54 Å². The number of hydrogen-bond donors (Lipinski definition) is 1. The van der Waals surface area contributed by atoms with Crippen molar-refractivity contribution in [1.29, 1.82) is 0 Å². The molecule has 1 N–H and O–H groups in total. The van der Waals surface area contributed by atoms with Crippen LogP contribution in [0, 0.1) is 0 Å². The van der Waals surface area contributed by atoms with Gasteiger partial charge < -0.3 is 14.4 Å². The first kappa shape index (κ1) is 20.2. The Morgan fingerprint density at radius 3 is 2.90 bits per heavy atom. The van der Waals surface area contributed by atoms with E-state index < -0.39 is 0 Å². The smallest absolute Gasteiger partial charge is 0.290 e. The molecule has 3 aromatic rings. The summed E-state index contributed by atoms with van der Waals surface area (Å²) in [6.45, 7) is 4.81. The molecule has 1 atom stereocenters. The number of aryl methyl sites for hydroxylation is 2. The van der Waals surface area contributed by atoms with Crippen LogP contribution in [0.1, 0.15) is 23.6 Å². The molecule has 0 aromatic carbocycles. The van der Waals surface area contributed by atoms with Crippen LogP contribution in [-0.2, 0) is 42.2 Å². The minimum absolute atomic E-state index is 0.141. The van der Waals surface area contributed by atoms with Crippen LogP contribution in [0.5, 0.6) is 0 Å². The Balaban J connectivity index is 0.000000687. The van der Waals surface area contributed by atoms with Gasteiger partial charge in [0.15, 0.2) is 5.82 Å². The second-order valence-corrected chi connectivity index (χ2v) is 7.54. The number of carbonyl (C=O) groups is 1. The third kappa shape index (κ3) is 4.55. The number of fused-ring (bicyclic) bond motifs is 1. The average Bonchev–Trinajstić information content (AvgIpc) is 3.49. The number of nitrogens with zero attached hydrogens (tertiary/aromatic N) is 7. The molecule has 2 aliphatic rings. The third-order valence-corrected chi connectivity index (χ3v) is 5.51. The summed E-state index contributed by atoms with van der Waals surface area (Å²) in [6.07, 6.45) is 9.39. The van der Waals surface area contributed by atoms with Crippen LogP contribution >= 0.6 is 0 Å². The normalized spacial score (nSPS) is 20.5. The second-order valence-electron chi connectivity index (χ2n) is 7.54. The first-order valence-electron chi connectivity index (χ1n) is 9.93. The maximum absolute atomic E-state index is 8.36. The summed E-state index contributed by atoms with van der Waals surface area (Å²) in [5.41, 5.74) is 1.10. The first-order valence-corrected chi connectivity index (χ1v) is 9.93. The number of pyridine rings is 1. The minimum atomic E-state index is -0.250. The summed E-state index contributed by atoms with van der Waals surface area (Å²) in [4.78, 5) is 15.0. The Morgan fingerprint density at radius 2 is 2.13 bits per heavy atom. The van der Waals surface area contributed by atoms with Crippen molar-refractivity contribution in [2.45, 2.75) is 44.7 Å². The molecule has 1 spiro atoms. The van der Waals surface area contributed by atoms with E-state index in [0.717, 1.165) is 57.2 Å². The largest absolute Gasteiger partial charge is 0.483 e. The zero-order valence-corrected chi connectivity index (χ0v) is 16.7. The van der Waals surface area contributed by atoms with Crippen LogP contribution < -0.4 is 0 Å². The highest BCUT2D eigenvalue weighted by Crippen LogP contribution is 2.33. The van der Waals surface area contributed by atoms with E-state index in [2.05, 4.69) is 35.8 Å². The molecule has 0 aliphatic carbocycles. The lowest BCUT2D eigenvalue weighted by Gasteiger charge is -2.34. The van der Waals surface area contributed by atoms with Crippen LogP contribution in [0.4, 0.5) is 0 Å². The quantitative estimate of drug-likeness (QED) is 0.619. The van der Waals surface area contributed by atoms with Crippen molar-refractivity contribution in [3.05, 3.63) is 60.2 Å². The highest BCUT2D eigenvalue weighted by Gasteiger charge is 2.43. The van der Waals surface area contributed by atoms with Gasteiger partial charge in [0.1, 0.15) is 18.0 Å². The van der Waals surface area contributed by atoms with Gasteiger partial charge in [-0.15, -0.1) is 10.2 Å². The SMILES string of the molecule is O=CO.c1cncc(CN2CCC3(C2)Cn2c(CCn4cccn4)nnc2CO3)c1. The Labute approximate surface area is 174 Å². The Morgan fingerprint density at radius 1 is 1.23 bits per heavy atom. The summed E-state index contributed by atoms with van der Waals surface area (Å²) >= 11 is 0. The van der Waals surface area contributed by atoms with E-state index in [9.17, 15) is 0 Å². The zero-order chi connectivity index (χ0) is 20.8. The molecule has 0 saturated carbocycles. The molecule has 10 nitrogen and oxygen atoms in total. The summed E-state index contributed by atoms with van der Waals surface area (Å²) < 4.78 is 10.5. The molecular formula is C20H25N7O3. The van der Waals surface area contributed by atoms with Gasteiger partial charge in [-0.25, -0.2) is 0 Å². The molecule has 10 heteroatoms. The van der Waals surface area contributed by atoms with E-state index >= 15 is 0 Å². The molecule has 5 heterocycles. The number of likely N-dealkylation sites (tertiary alicyclic amines) is 1. The Bertz CT molecular complexity index is 945. The van der Waals surface area contributed by atoms with Crippen molar-refractivity contribution in [3.8, 4) is 0 Å². The fraction of sp³-hybridized carbons (Fsp3) is 0.450. The van der Waals surface area contributed by atoms with Gasteiger partial charge in [-0.1, -0.05) is 6.07 Å². The number of ether oxygens (including phenoxy) is 1. The lowest BCUT2D eigenvalue weighted by atomic mass is 10.0. The fourth-order valence-electron chi connectivity index (χ4n) is 4.10. The maximum atomic E-state index is 8.36. The van der Waals surface area contributed by atoms with Crippen molar-refractivity contribution in [1.82, 2.24) is 34.4 Å². The van der Waals surface area contributed by atoms with Crippen molar-refractivity contribution >= 4 is 6.47 Å². The second kappa shape index (κ2) is 9.14. The summed E-state index contributed by atoms with van der Waals surface area (Å²) in [6, 6.07) is 6.07. The number of hydrogen-bond acceptors (Lipinski definition) is 7. The van der Waals surface area contributed by atoms with Crippen LogP contribution in [0.25, 0.3) is 0 Å². The number of carboxylic acid groups (broad SMARTS) is 1. The number of rotatable bonds is 5. The Kier molecular flexibility index (Phi) is 6.15. The van der Waals surface area contributed by atoms with Gasteiger partial charge >= 0.3 is 0 Å².